The van der Waals surface area contributed by atoms with E-state index in [2.05, 4.69) is 13.8 Å². The molecule has 13 heavy (non-hydrogen) atoms. The zero-order chi connectivity index (χ0) is 10.3. The molecule has 0 aliphatic heterocycles. The molecular weight excluding hydrogens is 168 g/mol. The van der Waals surface area contributed by atoms with Gasteiger partial charge in [0.25, 0.3) is 0 Å². The highest BCUT2D eigenvalue weighted by Gasteiger charge is 1.98. The second-order valence-electron chi connectivity index (χ2n) is 3.61. The molecule has 0 unspecified atom stereocenters. The van der Waals surface area contributed by atoms with Crippen molar-refractivity contribution in [2.24, 2.45) is 5.92 Å². The number of allylic oxidation sites excluding steroid dienone is 1. The van der Waals surface area contributed by atoms with Crippen LogP contribution in [-0.2, 0) is 4.79 Å². The normalized spacial score (nSPS) is 12.1. The van der Waals surface area contributed by atoms with E-state index in [-0.39, 0.29) is 5.76 Å². The van der Waals surface area contributed by atoms with Crippen LogP contribution in [0.5, 0.6) is 0 Å². The van der Waals surface area contributed by atoms with Crippen LogP contribution in [0.1, 0.15) is 39.5 Å². The number of aliphatic carboxylic acids is 1. The van der Waals surface area contributed by atoms with Gasteiger partial charge in [-0.15, -0.1) is 0 Å². The standard InChI is InChI=1S/C10H18O3/c1-8(2)5-3-4-6-9(11)7-10(12)13/h7-8,11H,3-6H2,1-2H3,(H,12,13). The first-order valence-electron chi connectivity index (χ1n) is 4.65. The van der Waals surface area contributed by atoms with Crippen molar-refractivity contribution in [1.29, 1.82) is 0 Å². The lowest BCUT2D eigenvalue weighted by Gasteiger charge is -2.03. The number of aliphatic hydroxyl groups excluding tert-OH is 1. The number of unbranched alkanes of at least 4 members (excludes halogenated alkanes) is 1. The van der Waals surface area contributed by atoms with Crippen molar-refractivity contribution in [1.82, 2.24) is 0 Å². The highest BCUT2D eigenvalue weighted by Crippen LogP contribution is 2.10. The molecule has 3 heteroatoms. The number of carboxylic acids is 1. The average Bonchev–Trinajstić information content (AvgIpc) is 1.96. The molecule has 0 aromatic carbocycles. The van der Waals surface area contributed by atoms with Crippen molar-refractivity contribution >= 4 is 5.97 Å². The SMILES string of the molecule is CC(C)CCCCC(O)=CC(=O)O. The number of aliphatic hydroxyl groups is 1. The fraction of sp³-hybridized carbons (Fsp3) is 0.700. The van der Waals surface area contributed by atoms with E-state index < -0.39 is 5.97 Å². The van der Waals surface area contributed by atoms with Gasteiger partial charge in [0.05, 0.1) is 11.8 Å². The Morgan fingerprint density at radius 2 is 1.92 bits per heavy atom. The molecule has 0 fully saturated rings. The third-order valence-corrected chi connectivity index (χ3v) is 1.75. The van der Waals surface area contributed by atoms with Crippen LogP contribution in [0.3, 0.4) is 0 Å². The summed E-state index contributed by atoms with van der Waals surface area (Å²) in [4.78, 5) is 10.1. The van der Waals surface area contributed by atoms with Gasteiger partial charge in [-0.3, -0.25) is 0 Å². The van der Waals surface area contributed by atoms with E-state index >= 15 is 0 Å². The maximum atomic E-state index is 10.1. The Hall–Kier alpha value is -0.990. The maximum absolute atomic E-state index is 10.1. The van der Waals surface area contributed by atoms with E-state index in [4.69, 9.17) is 10.2 Å². The highest BCUT2D eigenvalue weighted by molar-refractivity contribution is 5.80. The molecular formula is C10H18O3. The summed E-state index contributed by atoms with van der Waals surface area (Å²) in [7, 11) is 0. The van der Waals surface area contributed by atoms with E-state index in [0.29, 0.717) is 12.3 Å². The molecule has 0 bridgehead atoms. The maximum Gasteiger partial charge on any atom is 0.331 e. The summed E-state index contributed by atoms with van der Waals surface area (Å²) in [6.07, 6.45) is 4.34. The van der Waals surface area contributed by atoms with Gasteiger partial charge in [-0.05, 0) is 12.3 Å². The molecule has 76 valence electrons. The van der Waals surface area contributed by atoms with E-state index in [0.717, 1.165) is 25.3 Å². The molecule has 0 saturated carbocycles. The molecule has 0 amide bonds. The quantitative estimate of drug-likeness (QED) is 0.381. The van der Waals surface area contributed by atoms with Crippen molar-refractivity contribution in [2.45, 2.75) is 39.5 Å². The van der Waals surface area contributed by atoms with Crippen molar-refractivity contribution < 1.29 is 15.0 Å². The van der Waals surface area contributed by atoms with Crippen molar-refractivity contribution in [2.75, 3.05) is 0 Å². The summed E-state index contributed by atoms with van der Waals surface area (Å²) in [6.45, 7) is 4.29. The van der Waals surface area contributed by atoms with Gasteiger partial charge in [0.15, 0.2) is 0 Å². The molecule has 0 saturated heterocycles. The van der Waals surface area contributed by atoms with Crippen LogP contribution in [0.2, 0.25) is 0 Å². The molecule has 0 atom stereocenters. The summed E-state index contributed by atoms with van der Waals surface area (Å²) in [5.74, 6) is -0.441. The van der Waals surface area contributed by atoms with E-state index in [1.54, 1.807) is 0 Å². The Bertz CT molecular complexity index is 183. The van der Waals surface area contributed by atoms with Crippen LogP contribution < -0.4 is 0 Å². The average molecular weight is 186 g/mol. The first-order valence-corrected chi connectivity index (χ1v) is 4.65. The Morgan fingerprint density at radius 3 is 2.38 bits per heavy atom. The number of carboxylic acid groups (broad SMARTS) is 1. The van der Waals surface area contributed by atoms with Crippen LogP contribution in [0.15, 0.2) is 11.8 Å². The largest absolute Gasteiger partial charge is 0.512 e. The minimum absolute atomic E-state index is 0.0312. The Morgan fingerprint density at radius 1 is 1.31 bits per heavy atom. The lowest BCUT2D eigenvalue weighted by atomic mass is 10.0. The lowest BCUT2D eigenvalue weighted by Crippen LogP contribution is -1.93. The van der Waals surface area contributed by atoms with Gasteiger partial charge in [0.2, 0.25) is 0 Å². The first kappa shape index (κ1) is 12.0. The van der Waals surface area contributed by atoms with Gasteiger partial charge in [-0.1, -0.05) is 26.7 Å². The lowest BCUT2D eigenvalue weighted by molar-refractivity contribution is -0.131. The van der Waals surface area contributed by atoms with E-state index in [1.165, 1.54) is 0 Å². The molecule has 0 heterocycles. The molecule has 0 radical (unpaired) electrons. The fourth-order valence-corrected chi connectivity index (χ4v) is 1.07. The van der Waals surface area contributed by atoms with Crippen LogP contribution >= 0.6 is 0 Å². The van der Waals surface area contributed by atoms with E-state index in [9.17, 15) is 4.79 Å². The van der Waals surface area contributed by atoms with Gasteiger partial charge in [-0.2, -0.15) is 0 Å². The minimum atomic E-state index is -1.08. The summed E-state index contributed by atoms with van der Waals surface area (Å²) in [5, 5.41) is 17.4. The van der Waals surface area contributed by atoms with Gasteiger partial charge in [0.1, 0.15) is 0 Å². The number of carbonyl (C=O) groups is 1. The molecule has 3 nitrogen and oxygen atoms in total. The minimum Gasteiger partial charge on any atom is -0.512 e. The number of rotatable bonds is 6. The molecule has 2 N–H and O–H groups in total. The van der Waals surface area contributed by atoms with E-state index in [1.807, 2.05) is 0 Å². The molecule has 0 aromatic rings. The topological polar surface area (TPSA) is 57.5 Å². The first-order chi connectivity index (χ1) is 6.02. The molecule has 0 aromatic heterocycles. The predicted octanol–water partition coefficient (Wildman–Crippen LogP) is 2.73. The highest BCUT2D eigenvalue weighted by atomic mass is 16.4. The van der Waals surface area contributed by atoms with Gasteiger partial charge < -0.3 is 10.2 Å². The molecule has 0 aliphatic rings. The van der Waals surface area contributed by atoms with Crippen molar-refractivity contribution in [3.63, 3.8) is 0 Å². The summed E-state index contributed by atoms with van der Waals surface area (Å²) in [5.41, 5.74) is 0. The van der Waals surface area contributed by atoms with Crippen molar-refractivity contribution in [3.8, 4) is 0 Å². The second-order valence-corrected chi connectivity index (χ2v) is 3.61. The van der Waals surface area contributed by atoms with Gasteiger partial charge >= 0.3 is 5.97 Å². The third kappa shape index (κ3) is 8.92. The summed E-state index contributed by atoms with van der Waals surface area (Å²) >= 11 is 0. The molecule has 0 spiro atoms. The van der Waals surface area contributed by atoms with Crippen molar-refractivity contribution in [3.05, 3.63) is 11.8 Å². The Kier molecular flexibility index (Phi) is 6.02. The zero-order valence-electron chi connectivity index (χ0n) is 8.29. The molecule has 0 aliphatic carbocycles. The van der Waals surface area contributed by atoms with Crippen LogP contribution in [0.4, 0.5) is 0 Å². The smallest absolute Gasteiger partial charge is 0.331 e. The summed E-state index contributed by atoms with van der Waals surface area (Å²) < 4.78 is 0. The third-order valence-electron chi connectivity index (χ3n) is 1.75. The van der Waals surface area contributed by atoms with Crippen LogP contribution in [0, 0.1) is 5.92 Å². The summed E-state index contributed by atoms with van der Waals surface area (Å²) in [6, 6.07) is 0. The number of hydrogen-bond acceptors (Lipinski definition) is 2. The number of hydrogen-bond donors (Lipinski definition) is 2. The fourth-order valence-electron chi connectivity index (χ4n) is 1.07. The monoisotopic (exact) mass is 186 g/mol. The van der Waals surface area contributed by atoms with Crippen LogP contribution in [-0.4, -0.2) is 16.2 Å². The zero-order valence-corrected chi connectivity index (χ0v) is 8.29. The molecule has 0 rings (SSSR count). The Labute approximate surface area is 79.1 Å². The Balaban J connectivity index is 3.48. The second kappa shape index (κ2) is 6.52. The van der Waals surface area contributed by atoms with Gasteiger partial charge in [-0.25, -0.2) is 4.79 Å². The van der Waals surface area contributed by atoms with Gasteiger partial charge in [0, 0.05) is 6.42 Å². The predicted molar refractivity (Wildman–Crippen MR) is 51.7 cm³/mol. The van der Waals surface area contributed by atoms with Crippen LogP contribution in [0.25, 0.3) is 0 Å².